The van der Waals surface area contributed by atoms with E-state index in [0.29, 0.717) is 23.1 Å². The lowest BCUT2D eigenvalue weighted by atomic mass is 10.0. The van der Waals surface area contributed by atoms with Crippen LogP contribution in [0.25, 0.3) is 0 Å². The molecule has 0 aromatic heterocycles. The second-order valence-electron chi connectivity index (χ2n) is 7.21. The van der Waals surface area contributed by atoms with E-state index >= 15 is 0 Å². The van der Waals surface area contributed by atoms with E-state index in [1.54, 1.807) is 24.3 Å². The van der Waals surface area contributed by atoms with Gasteiger partial charge in [-0.15, -0.1) is 0 Å². The summed E-state index contributed by atoms with van der Waals surface area (Å²) >= 11 is 0. The molecule has 130 valence electrons. The van der Waals surface area contributed by atoms with Crippen molar-refractivity contribution in [3.05, 3.63) is 29.8 Å². The van der Waals surface area contributed by atoms with Crippen molar-refractivity contribution in [1.82, 2.24) is 5.32 Å². The van der Waals surface area contributed by atoms with Crippen LogP contribution >= 0.6 is 0 Å². The van der Waals surface area contributed by atoms with Crippen LogP contribution in [0.1, 0.15) is 49.4 Å². The zero-order valence-corrected chi connectivity index (χ0v) is 14.1. The molecule has 0 saturated heterocycles. The SMILES string of the molecule is CC1CC1C(=O)Nc1cccc(C(=O)NCC(O)C2CCCC2)c1. The lowest BCUT2D eigenvalue weighted by Gasteiger charge is -2.18. The first kappa shape index (κ1) is 17.0. The Labute approximate surface area is 142 Å². The lowest BCUT2D eigenvalue weighted by Crippen LogP contribution is -2.35. The molecule has 2 aliphatic carbocycles. The number of hydrogen-bond acceptors (Lipinski definition) is 3. The van der Waals surface area contributed by atoms with E-state index in [1.165, 1.54) is 0 Å². The van der Waals surface area contributed by atoms with Crippen LogP contribution in [-0.4, -0.2) is 29.6 Å². The van der Waals surface area contributed by atoms with E-state index < -0.39 is 6.10 Å². The van der Waals surface area contributed by atoms with Crippen molar-refractivity contribution in [2.24, 2.45) is 17.8 Å². The minimum absolute atomic E-state index is 0.0247. The molecule has 5 heteroatoms. The van der Waals surface area contributed by atoms with Crippen molar-refractivity contribution in [3.8, 4) is 0 Å². The Morgan fingerprint density at radius 3 is 2.67 bits per heavy atom. The van der Waals surface area contributed by atoms with Crippen LogP contribution in [0.3, 0.4) is 0 Å². The van der Waals surface area contributed by atoms with Crippen LogP contribution in [0.5, 0.6) is 0 Å². The second-order valence-corrected chi connectivity index (χ2v) is 7.21. The Bertz CT molecular complexity index is 610. The van der Waals surface area contributed by atoms with Crippen LogP contribution in [-0.2, 0) is 4.79 Å². The van der Waals surface area contributed by atoms with Crippen molar-refractivity contribution in [2.45, 2.75) is 45.1 Å². The van der Waals surface area contributed by atoms with E-state index in [1.807, 2.05) is 0 Å². The highest BCUT2D eigenvalue weighted by atomic mass is 16.3. The molecule has 0 heterocycles. The number of rotatable bonds is 6. The summed E-state index contributed by atoms with van der Waals surface area (Å²) in [5, 5.41) is 15.8. The Morgan fingerprint density at radius 1 is 1.29 bits per heavy atom. The van der Waals surface area contributed by atoms with Crippen molar-refractivity contribution >= 4 is 17.5 Å². The van der Waals surface area contributed by atoms with Gasteiger partial charge in [0.05, 0.1) is 6.10 Å². The molecule has 2 amide bonds. The molecular weight excluding hydrogens is 304 g/mol. The average molecular weight is 330 g/mol. The molecule has 3 atom stereocenters. The first-order chi connectivity index (χ1) is 11.5. The van der Waals surface area contributed by atoms with Gasteiger partial charge in [0, 0.05) is 23.7 Å². The zero-order chi connectivity index (χ0) is 17.1. The summed E-state index contributed by atoms with van der Waals surface area (Å²) in [7, 11) is 0. The van der Waals surface area contributed by atoms with Crippen LogP contribution in [0.2, 0.25) is 0 Å². The smallest absolute Gasteiger partial charge is 0.251 e. The quantitative estimate of drug-likeness (QED) is 0.750. The molecule has 1 aromatic carbocycles. The number of carbonyl (C=O) groups excluding carboxylic acids is 2. The summed E-state index contributed by atoms with van der Waals surface area (Å²) in [4.78, 5) is 24.2. The van der Waals surface area contributed by atoms with Crippen molar-refractivity contribution in [2.75, 3.05) is 11.9 Å². The van der Waals surface area contributed by atoms with Crippen molar-refractivity contribution in [3.63, 3.8) is 0 Å². The highest BCUT2D eigenvalue weighted by molar-refractivity contribution is 5.98. The largest absolute Gasteiger partial charge is 0.391 e. The fourth-order valence-corrected chi connectivity index (χ4v) is 3.47. The van der Waals surface area contributed by atoms with Gasteiger partial charge in [0.15, 0.2) is 0 Å². The predicted octanol–water partition coefficient (Wildman–Crippen LogP) is 2.56. The number of amides is 2. The summed E-state index contributed by atoms with van der Waals surface area (Å²) in [5.41, 5.74) is 1.14. The summed E-state index contributed by atoms with van der Waals surface area (Å²) in [6.45, 7) is 2.34. The van der Waals surface area contributed by atoms with E-state index in [4.69, 9.17) is 0 Å². The number of carbonyl (C=O) groups is 2. The van der Waals surface area contributed by atoms with E-state index in [2.05, 4.69) is 17.6 Å². The molecule has 5 nitrogen and oxygen atoms in total. The molecule has 1 aromatic rings. The van der Waals surface area contributed by atoms with Crippen LogP contribution < -0.4 is 10.6 Å². The predicted molar refractivity (Wildman–Crippen MR) is 92.6 cm³/mol. The fourth-order valence-electron chi connectivity index (χ4n) is 3.47. The average Bonchev–Trinajstić information content (AvgIpc) is 3.08. The van der Waals surface area contributed by atoms with Crippen molar-refractivity contribution < 1.29 is 14.7 Å². The lowest BCUT2D eigenvalue weighted by molar-refractivity contribution is -0.117. The number of anilines is 1. The molecular formula is C19H26N2O3. The Morgan fingerprint density at radius 2 is 2.00 bits per heavy atom. The standard InChI is InChI=1S/C19H26N2O3/c1-12-9-16(12)19(24)21-15-8-4-7-14(10-15)18(23)20-11-17(22)13-5-2-3-6-13/h4,7-8,10,12-13,16-17,22H,2-3,5-6,9,11H2,1H3,(H,20,23)(H,21,24). The molecule has 0 bridgehead atoms. The van der Waals surface area contributed by atoms with Gasteiger partial charge in [0.2, 0.25) is 5.91 Å². The molecule has 3 rings (SSSR count). The van der Waals surface area contributed by atoms with Gasteiger partial charge in [-0.05, 0) is 49.3 Å². The number of hydrogen-bond donors (Lipinski definition) is 3. The molecule has 2 saturated carbocycles. The van der Waals surface area contributed by atoms with E-state index in [0.717, 1.165) is 32.1 Å². The van der Waals surface area contributed by atoms with Gasteiger partial charge in [-0.25, -0.2) is 0 Å². The van der Waals surface area contributed by atoms with Gasteiger partial charge in [-0.2, -0.15) is 0 Å². The highest BCUT2D eigenvalue weighted by Crippen LogP contribution is 2.38. The topological polar surface area (TPSA) is 78.4 Å². The third kappa shape index (κ3) is 4.15. The van der Waals surface area contributed by atoms with Gasteiger partial charge >= 0.3 is 0 Å². The molecule has 0 spiro atoms. The van der Waals surface area contributed by atoms with Gasteiger partial charge in [0.1, 0.15) is 0 Å². The normalized spacial score (nSPS) is 24.4. The summed E-state index contributed by atoms with van der Waals surface area (Å²) in [6.07, 6.45) is 4.87. The highest BCUT2D eigenvalue weighted by Gasteiger charge is 2.39. The Kier molecular flexibility index (Phi) is 5.19. The fraction of sp³-hybridized carbons (Fsp3) is 0.579. The monoisotopic (exact) mass is 330 g/mol. The van der Waals surface area contributed by atoms with Gasteiger partial charge in [0.25, 0.3) is 5.91 Å². The molecule has 0 aliphatic heterocycles. The molecule has 0 radical (unpaired) electrons. The number of nitrogens with one attached hydrogen (secondary N) is 2. The maximum absolute atomic E-state index is 12.3. The maximum Gasteiger partial charge on any atom is 0.251 e. The Balaban J connectivity index is 1.52. The van der Waals surface area contributed by atoms with Crippen LogP contribution in [0.15, 0.2) is 24.3 Å². The molecule has 24 heavy (non-hydrogen) atoms. The minimum atomic E-state index is -0.476. The summed E-state index contributed by atoms with van der Waals surface area (Å²) in [6, 6.07) is 6.94. The van der Waals surface area contributed by atoms with Gasteiger partial charge < -0.3 is 15.7 Å². The molecule has 2 aliphatic rings. The maximum atomic E-state index is 12.3. The molecule has 3 N–H and O–H groups in total. The number of benzene rings is 1. The number of aliphatic hydroxyl groups is 1. The first-order valence-corrected chi connectivity index (χ1v) is 8.92. The second kappa shape index (κ2) is 7.34. The van der Waals surface area contributed by atoms with Crippen LogP contribution in [0, 0.1) is 17.8 Å². The third-order valence-corrected chi connectivity index (χ3v) is 5.25. The zero-order valence-electron chi connectivity index (χ0n) is 14.1. The van der Waals surface area contributed by atoms with E-state index in [9.17, 15) is 14.7 Å². The van der Waals surface area contributed by atoms with Gasteiger partial charge in [-0.3, -0.25) is 9.59 Å². The molecule has 3 unspecified atom stereocenters. The minimum Gasteiger partial charge on any atom is -0.391 e. The third-order valence-electron chi connectivity index (χ3n) is 5.25. The van der Waals surface area contributed by atoms with E-state index in [-0.39, 0.29) is 24.3 Å². The van der Waals surface area contributed by atoms with Crippen molar-refractivity contribution in [1.29, 1.82) is 0 Å². The molecule has 2 fully saturated rings. The summed E-state index contributed by atoms with van der Waals surface area (Å²) in [5.74, 6) is 0.661. The van der Waals surface area contributed by atoms with Crippen LogP contribution in [0.4, 0.5) is 5.69 Å². The number of aliphatic hydroxyl groups excluding tert-OH is 1. The van der Waals surface area contributed by atoms with Gasteiger partial charge in [-0.1, -0.05) is 25.8 Å². The first-order valence-electron chi connectivity index (χ1n) is 8.92. The summed E-state index contributed by atoms with van der Waals surface area (Å²) < 4.78 is 0. The Hall–Kier alpha value is -1.88.